The Morgan fingerprint density at radius 1 is 1.16 bits per heavy atom. The Balaban J connectivity index is 1.58. The van der Waals surface area contributed by atoms with E-state index in [4.69, 9.17) is 20.8 Å². The first-order chi connectivity index (χ1) is 15.1. The van der Waals surface area contributed by atoms with Crippen molar-refractivity contribution in [1.82, 2.24) is 14.8 Å². The molecule has 0 atom stereocenters. The summed E-state index contributed by atoms with van der Waals surface area (Å²) >= 11 is 7.41. The number of halogens is 1. The van der Waals surface area contributed by atoms with Crippen LogP contribution >= 0.6 is 23.4 Å². The second kappa shape index (κ2) is 9.28. The van der Waals surface area contributed by atoms with Gasteiger partial charge in [0.1, 0.15) is 5.75 Å². The first kappa shape index (κ1) is 21.0. The minimum absolute atomic E-state index is 0.151. The van der Waals surface area contributed by atoms with E-state index in [0.29, 0.717) is 27.5 Å². The van der Waals surface area contributed by atoms with Gasteiger partial charge in [0.2, 0.25) is 11.7 Å². The van der Waals surface area contributed by atoms with Crippen molar-refractivity contribution in [2.24, 2.45) is 0 Å². The van der Waals surface area contributed by atoms with Crippen LogP contribution in [0.25, 0.3) is 17.3 Å². The third kappa shape index (κ3) is 4.60. The topological polar surface area (TPSA) is 82.2 Å². The van der Waals surface area contributed by atoms with Crippen LogP contribution in [0.1, 0.15) is 5.56 Å². The molecule has 0 spiro atoms. The van der Waals surface area contributed by atoms with E-state index in [1.165, 1.54) is 11.8 Å². The molecule has 0 unspecified atom stereocenters. The van der Waals surface area contributed by atoms with Crippen molar-refractivity contribution in [3.8, 4) is 23.0 Å². The van der Waals surface area contributed by atoms with E-state index in [2.05, 4.69) is 15.5 Å². The molecule has 1 amide bonds. The summed E-state index contributed by atoms with van der Waals surface area (Å²) in [7, 11) is 1.61. The number of thioether (sulfide) groups is 1. The summed E-state index contributed by atoms with van der Waals surface area (Å²) in [5.74, 6) is 1.84. The Labute approximate surface area is 188 Å². The predicted molar refractivity (Wildman–Crippen MR) is 121 cm³/mol. The van der Waals surface area contributed by atoms with Crippen LogP contribution in [0.3, 0.4) is 0 Å². The lowest BCUT2D eigenvalue weighted by Gasteiger charge is -2.11. The van der Waals surface area contributed by atoms with Gasteiger partial charge in [-0.25, -0.2) is 0 Å². The second-order valence-corrected chi connectivity index (χ2v) is 7.92. The summed E-state index contributed by atoms with van der Waals surface area (Å²) in [6, 6.07) is 16.5. The Hall–Kier alpha value is -3.23. The summed E-state index contributed by atoms with van der Waals surface area (Å²) in [6.07, 6.45) is 1.58. The van der Waals surface area contributed by atoms with Gasteiger partial charge in [0.15, 0.2) is 10.9 Å². The smallest absolute Gasteiger partial charge is 0.234 e. The van der Waals surface area contributed by atoms with Gasteiger partial charge in [-0.3, -0.25) is 9.36 Å². The van der Waals surface area contributed by atoms with E-state index >= 15 is 0 Å². The molecule has 0 aliphatic heterocycles. The number of furan rings is 1. The first-order valence-electron chi connectivity index (χ1n) is 9.38. The van der Waals surface area contributed by atoms with Gasteiger partial charge < -0.3 is 14.5 Å². The number of carbonyl (C=O) groups is 1. The van der Waals surface area contributed by atoms with Gasteiger partial charge in [-0.05, 0) is 61.0 Å². The third-order valence-corrected chi connectivity index (χ3v) is 5.92. The fourth-order valence-corrected chi connectivity index (χ4v) is 3.88. The Morgan fingerprint density at radius 2 is 1.97 bits per heavy atom. The van der Waals surface area contributed by atoms with Crippen LogP contribution in [-0.2, 0) is 4.79 Å². The number of ether oxygens (including phenoxy) is 1. The average Bonchev–Trinajstić information content (AvgIpc) is 3.45. The zero-order chi connectivity index (χ0) is 21.8. The summed E-state index contributed by atoms with van der Waals surface area (Å²) < 4.78 is 12.6. The fraction of sp³-hybridized carbons (Fsp3) is 0.136. The minimum atomic E-state index is -0.167. The van der Waals surface area contributed by atoms with Gasteiger partial charge >= 0.3 is 0 Å². The molecular formula is C22H19ClN4O3S. The van der Waals surface area contributed by atoms with Crippen LogP contribution < -0.4 is 10.1 Å². The van der Waals surface area contributed by atoms with Crippen molar-refractivity contribution in [1.29, 1.82) is 0 Å². The van der Waals surface area contributed by atoms with E-state index in [0.717, 1.165) is 17.0 Å². The van der Waals surface area contributed by atoms with Crippen LogP contribution in [0.4, 0.5) is 5.69 Å². The molecule has 2 heterocycles. The monoisotopic (exact) mass is 454 g/mol. The van der Waals surface area contributed by atoms with Gasteiger partial charge in [-0.1, -0.05) is 29.4 Å². The number of aromatic nitrogens is 3. The quantitative estimate of drug-likeness (QED) is 0.385. The zero-order valence-corrected chi connectivity index (χ0v) is 18.4. The van der Waals surface area contributed by atoms with E-state index < -0.39 is 0 Å². The van der Waals surface area contributed by atoms with Crippen LogP contribution in [-0.4, -0.2) is 33.5 Å². The van der Waals surface area contributed by atoms with Crippen LogP contribution in [0, 0.1) is 6.92 Å². The molecule has 0 fully saturated rings. The van der Waals surface area contributed by atoms with Crippen LogP contribution in [0.5, 0.6) is 5.75 Å². The molecule has 7 nitrogen and oxygen atoms in total. The molecule has 2 aromatic carbocycles. The summed E-state index contributed by atoms with van der Waals surface area (Å²) in [6.45, 7) is 1.86. The van der Waals surface area contributed by atoms with Crippen molar-refractivity contribution >= 4 is 35.0 Å². The molecule has 31 heavy (non-hydrogen) atoms. The maximum absolute atomic E-state index is 12.5. The molecule has 4 aromatic rings. The predicted octanol–water partition coefficient (Wildman–Crippen LogP) is 5.23. The maximum atomic E-state index is 12.5. The van der Waals surface area contributed by atoms with Crippen molar-refractivity contribution < 1.29 is 13.9 Å². The number of hydrogen-bond donors (Lipinski definition) is 1. The van der Waals surface area contributed by atoms with Crippen LogP contribution in [0.2, 0.25) is 5.02 Å². The second-order valence-electron chi connectivity index (χ2n) is 6.57. The molecule has 0 bridgehead atoms. The van der Waals surface area contributed by atoms with E-state index in [1.54, 1.807) is 31.6 Å². The number of nitrogens with zero attached hydrogens (tertiary/aromatic N) is 3. The molecule has 2 aromatic heterocycles. The number of hydrogen-bond acceptors (Lipinski definition) is 6. The number of carbonyl (C=O) groups excluding carboxylic acids is 1. The number of nitrogens with one attached hydrogen (secondary N) is 1. The molecule has 4 rings (SSSR count). The number of amides is 1. The number of benzene rings is 2. The van der Waals surface area contributed by atoms with Crippen molar-refractivity contribution in [3.05, 3.63) is 71.4 Å². The maximum Gasteiger partial charge on any atom is 0.234 e. The fourth-order valence-electron chi connectivity index (χ4n) is 2.95. The zero-order valence-electron chi connectivity index (χ0n) is 16.8. The van der Waals surface area contributed by atoms with Gasteiger partial charge in [-0.2, -0.15) is 0 Å². The Kier molecular flexibility index (Phi) is 6.29. The lowest BCUT2D eigenvalue weighted by Crippen LogP contribution is -2.15. The van der Waals surface area contributed by atoms with E-state index in [9.17, 15) is 4.79 Å². The third-order valence-electron chi connectivity index (χ3n) is 4.58. The molecular weight excluding hydrogens is 436 g/mol. The molecule has 9 heteroatoms. The Morgan fingerprint density at radius 3 is 2.68 bits per heavy atom. The lowest BCUT2D eigenvalue weighted by molar-refractivity contribution is -0.113. The van der Waals surface area contributed by atoms with Gasteiger partial charge in [0.25, 0.3) is 0 Å². The molecule has 158 valence electrons. The highest BCUT2D eigenvalue weighted by atomic mass is 35.5. The normalized spacial score (nSPS) is 10.8. The number of anilines is 1. The van der Waals surface area contributed by atoms with Crippen molar-refractivity contribution in [2.75, 3.05) is 18.2 Å². The highest BCUT2D eigenvalue weighted by molar-refractivity contribution is 7.99. The largest absolute Gasteiger partial charge is 0.497 e. The van der Waals surface area contributed by atoms with Gasteiger partial charge in [0.05, 0.1) is 24.8 Å². The molecule has 1 N–H and O–H groups in total. The standard InChI is InChI=1S/C22H19ClN4O3S/c1-14-17(23)5-3-6-18(14)24-20(28)13-31-22-26-25-21(19-7-4-12-30-19)27(22)15-8-10-16(29-2)11-9-15/h3-12H,13H2,1-2H3,(H,24,28). The van der Waals surface area contributed by atoms with Crippen molar-refractivity contribution in [2.45, 2.75) is 12.1 Å². The van der Waals surface area contributed by atoms with E-state index in [1.807, 2.05) is 47.9 Å². The summed E-state index contributed by atoms with van der Waals surface area (Å²) in [5.41, 5.74) is 2.33. The lowest BCUT2D eigenvalue weighted by atomic mass is 10.2. The van der Waals surface area contributed by atoms with Crippen molar-refractivity contribution in [3.63, 3.8) is 0 Å². The molecule has 0 radical (unpaired) electrons. The molecule has 0 aliphatic carbocycles. The summed E-state index contributed by atoms with van der Waals surface area (Å²) in [4.78, 5) is 12.5. The highest BCUT2D eigenvalue weighted by Crippen LogP contribution is 2.29. The molecule has 0 saturated carbocycles. The Bertz CT molecular complexity index is 1190. The summed E-state index contributed by atoms with van der Waals surface area (Å²) in [5, 5.41) is 12.6. The van der Waals surface area contributed by atoms with Crippen LogP contribution in [0.15, 0.2) is 70.4 Å². The number of methoxy groups -OCH3 is 1. The molecule has 0 saturated heterocycles. The number of rotatable bonds is 7. The minimum Gasteiger partial charge on any atom is -0.497 e. The van der Waals surface area contributed by atoms with Gasteiger partial charge in [-0.15, -0.1) is 10.2 Å². The van der Waals surface area contributed by atoms with E-state index in [-0.39, 0.29) is 11.7 Å². The SMILES string of the molecule is COc1ccc(-n2c(SCC(=O)Nc3cccc(Cl)c3C)nnc2-c2ccco2)cc1. The van der Waals surface area contributed by atoms with Gasteiger partial charge in [0, 0.05) is 10.7 Å². The first-order valence-corrected chi connectivity index (χ1v) is 10.7. The average molecular weight is 455 g/mol. The highest BCUT2D eigenvalue weighted by Gasteiger charge is 2.19. The molecule has 0 aliphatic rings.